The van der Waals surface area contributed by atoms with Crippen LogP contribution in [0.25, 0.3) is 0 Å². The smallest absolute Gasteiger partial charge is 0.306 e. The van der Waals surface area contributed by atoms with E-state index in [1.807, 2.05) is 0 Å². The summed E-state index contributed by atoms with van der Waals surface area (Å²) < 4.78 is 6.06. The van der Waals surface area contributed by atoms with Crippen molar-refractivity contribution in [3.05, 3.63) is 11.6 Å². The van der Waals surface area contributed by atoms with Crippen LogP contribution < -0.4 is 0 Å². The number of unbranched alkanes of at least 4 members (excludes halogenated alkanes) is 5. The van der Waals surface area contributed by atoms with E-state index >= 15 is 0 Å². The van der Waals surface area contributed by atoms with Gasteiger partial charge in [0.15, 0.2) is 0 Å². The number of allylic oxidation sites excluding steroid dienone is 1. The van der Waals surface area contributed by atoms with Crippen LogP contribution in [-0.2, 0) is 9.53 Å². The number of carbonyl (C=O) groups excluding carboxylic acids is 1. The number of esters is 1. The van der Waals surface area contributed by atoms with Crippen LogP contribution in [0, 0.1) is 52.3 Å². The Morgan fingerprint density at radius 2 is 1.68 bits per heavy atom. The van der Waals surface area contributed by atoms with E-state index in [1.54, 1.807) is 5.57 Å². The van der Waals surface area contributed by atoms with Crippen molar-refractivity contribution in [1.82, 2.24) is 0 Å². The van der Waals surface area contributed by atoms with Crippen LogP contribution in [-0.4, -0.2) is 12.1 Å². The van der Waals surface area contributed by atoms with Gasteiger partial charge in [0.25, 0.3) is 0 Å². The Balaban J connectivity index is 1.32. The van der Waals surface area contributed by atoms with Crippen LogP contribution in [0.2, 0.25) is 0 Å². The van der Waals surface area contributed by atoms with Crippen LogP contribution in [0.4, 0.5) is 0 Å². The zero-order valence-corrected chi connectivity index (χ0v) is 27.7. The lowest BCUT2D eigenvalue weighted by molar-refractivity contribution is -0.151. The molecule has 0 amide bonds. The van der Waals surface area contributed by atoms with Crippen LogP contribution >= 0.6 is 0 Å². The Labute approximate surface area is 249 Å². The summed E-state index contributed by atoms with van der Waals surface area (Å²) in [4.78, 5) is 12.6. The Bertz CT molecular complexity index is 842. The van der Waals surface area contributed by atoms with E-state index in [-0.39, 0.29) is 12.1 Å². The van der Waals surface area contributed by atoms with Crippen LogP contribution in [0.1, 0.15) is 164 Å². The minimum absolute atomic E-state index is 0.0524. The molecule has 0 aromatic carbocycles. The molecular formula is C38H66O2. The number of hydrogen-bond acceptors (Lipinski definition) is 2. The third-order valence-corrected chi connectivity index (χ3v) is 13.3. The third kappa shape index (κ3) is 6.88. The maximum Gasteiger partial charge on any atom is 0.306 e. The summed E-state index contributed by atoms with van der Waals surface area (Å²) in [6, 6.07) is 0. The lowest BCUT2D eigenvalue weighted by atomic mass is 9.47. The first-order valence-electron chi connectivity index (χ1n) is 18.0. The number of rotatable bonds is 14. The SMILES string of the molecule is CCCCCCCCC(=O)O[C@H]1CC[C@@]2(C)C(=CC[C@H]3[C@@H]4CC[C@H]([C@H](C)CC[C@@H](CC)C(C)C)[C@@]4(C)CC[C@@H]32)C1. The van der Waals surface area contributed by atoms with Crippen molar-refractivity contribution in [2.45, 2.75) is 170 Å². The molecule has 0 heterocycles. The highest BCUT2D eigenvalue weighted by atomic mass is 16.5. The van der Waals surface area contributed by atoms with Gasteiger partial charge < -0.3 is 4.74 Å². The second kappa shape index (κ2) is 14.1. The molecule has 0 N–H and O–H groups in total. The molecule has 40 heavy (non-hydrogen) atoms. The largest absolute Gasteiger partial charge is 0.462 e. The summed E-state index contributed by atoms with van der Waals surface area (Å²) in [6.07, 6.45) is 25.2. The third-order valence-electron chi connectivity index (χ3n) is 13.3. The lowest BCUT2D eigenvalue weighted by Gasteiger charge is -2.58. The molecular weight excluding hydrogens is 488 g/mol. The van der Waals surface area contributed by atoms with E-state index in [9.17, 15) is 4.79 Å². The molecule has 9 atom stereocenters. The molecule has 0 aromatic heterocycles. The highest BCUT2D eigenvalue weighted by Gasteiger charge is 2.59. The first kappa shape index (κ1) is 32.1. The lowest BCUT2D eigenvalue weighted by Crippen LogP contribution is -2.51. The fourth-order valence-corrected chi connectivity index (χ4v) is 10.7. The molecule has 0 spiro atoms. The molecule has 0 radical (unpaired) electrons. The van der Waals surface area contributed by atoms with Crippen molar-refractivity contribution in [1.29, 1.82) is 0 Å². The molecule has 2 heteroatoms. The second-order valence-corrected chi connectivity index (χ2v) is 15.8. The topological polar surface area (TPSA) is 26.3 Å². The average molecular weight is 555 g/mol. The van der Waals surface area contributed by atoms with Gasteiger partial charge >= 0.3 is 5.97 Å². The number of carbonyl (C=O) groups is 1. The molecule has 0 bridgehead atoms. The zero-order chi connectivity index (χ0) is 28.9. The Hall–Kier alpha value is -0.790. The molecule has 4 aliphatic carbocycles. The van der Waals surface area contributed by atoms with Crippen molar-refractivity contribution in [2.75, 3.05) is 0 Å². The summed E-state index contributed by atoms with van der Waals surface area (Å²) >= 11 is 0. The molecule has 3 saturated carbocycles. The fraction of sp³-hybridized carbons (Fsp3) is 0.921. The van der Waals surface area contributed by atoms with E-state index in [0.717, 1.165) is 60.7 Å². The molecule has 0 saturated heterocycles. The first-order chi connectivity index (χ1) is 19.1. The Morgan fingerprint density at radius 3 is 2.40 bits per heavy atom. The van der Waals surface area contributed by atoms with Gasteiger partial charge in [-0.25, -0.2) is 0 Å². The standard InChI is InChI=1S/C38H66O2/c1-8-10-11-12-13-14-15-36(39)40-31-22-24-37(6)30(26-31)18-19-32-34-21-20-33(38(34,7)25-23-35(32)37)28(5)16-17-29(9-2)27(3)4/h18,27-29,31-35H,8-17,19-26H2,1-7H3/t28-,29-,31+,32+,33-,34+,35+,37+,38-/m1/s1. The first-order valence-corrected chi connectivity index (χ1v) is 18.0. The minimum Gasteiger partial charge on any atom is -0.462 e. The maximum atomic E-state index is 12.6. The van der Waals surface area contributed by atoms with E-state index in [0.29, 0.717) is 17.3 Å². The van der Waals surface area contributed by atoms with Crippen LogP contribution in [0.5, 0.6) is 0 Å². The summed E-state index contributed by atoms with van der Waals surface area (Å²) in [5.74, 6) is 6.18. The Kier molecular flexibility index (Phi) is 11.3. The van der Waals surface area contributed by atoms with Gasteiger partial charge in [0.2, 0.25) is 0 Å². The van der Waals surface area contributed by atoms with Gasteiger partial charge in [0.1, 0.15) is 6.10 Å². The molecule has 3 fully saturated rings. The van der Waals surface area contributed by atoms with Gasteiger partial charge in [-0.3, -0.25) is 4.79 Å². The highest BCUT2D eigenvalue weighted by Crippen LogP contribution is 2.67. The van der Waals surface area contributed by atoms with Crippen molar-refractivity contribution >= 4 is 5.97 Å². The summed E-state index contributed by atoms with van der Waals surface area (Å²) in [5, 5.41) is 0. The average Bonchev–Trinajstić information content (AvgIpc) is 3.28. The number of hydrogen-bond donors (Lipinski definition) is 0. The maximum absolute atomic E-state index is 12.6. The summed E-state index contributed by atoms with van der Waals surface area (Å²) in [7, 11) is 0. The molecule has 2 nitrogen and oxygen atoms in total. The summed E-state index contributed by atoms with van der Waals surface area (Å²) in [5.41, 5.74) is 2.52. The molecule has 4 rings (SSSR count). The molecule has 4 aliphatic rings. The van der Waals surface area contributed by atoms with Crippen LogP contribution in [0.3, 0.4) is 0 Å². The van der Waals surface area contributed by atoms with Gasteiger partial charge in [0, 0.05) is 12.8 Å². The van der Waals surface area contributed by atoms with E-state index in [2.05, 4.69) is 54.5 Å². The van der Waals surface area contributed by atoms with E-state index in [1.165, 1.54) is 89.9 Å². The van der Waals surface area contributed by atoms with Gasteiger partial charge in [-0.2, -0.15) is 0 Å². The van der Waals surface area contributed by atoms with Crippen molar-refractivity contribution in [2.24, 2.45) is 52.3 Å². The highest BCUT2D eigenvalue weighted by molar-refractivity contribution is 5.69. The predicted octanol–water partition coefficient (Wildman–Crippen LogP) is 11.3. The Morgan fingerprint density at radius 1 is 0.925 bits per heavy atom. The molecule has 0 aromatic rings. The van der Waals surface area contributed by atoms with Gasteiger partial charge in [-0.15, -0.1) is 0 Å². The predicted molar refractivity (Wildman–Crippen MR) is 170 cm³/mol. The van der Waals surface area contributed by atoms with Crippen molar-refractivity contribution < 1.29 is 9.53 Å². The zero-order valence-electron chi connectivity index (χ0n) is 27.7. The molecule has 0 aliphatic heterocycles. The number of fused-ring (bicyclic) bond motifs is 5. The van der Waals surface area contributed by atoms with Crippen molar-refractivity contribution in [3.8, 4) is 0 Å². The van der Waals surface area contributed by atoms with Gasteiger partial charge in [-0.05, 0) is 110 Å². The quantitative estimate of drug-likeness (QED) is 0.121. The molecule has 230 valence electrons. The van der Waals surface area contributed by atoms with Gasteiger partial charge in [0.05, 0.1) is 0 Å². The minimum atomic E-state index is 0.0524. The normalized spacial score (nSPS) is 36.8. The number of ether oxygens (including phenoxy) is 1. The molecule has 0 unspecified atom stereocenters. The van der Waals surface area contributed by atoms with Crippen molar-refractivity contribution in [3.63, 3.8) is 0 Å². The van der Waals surface area contributed by atoms with Gasteiger partial charge in [-0.1, -0.05) is 105 Å². The van der Waals surface area contributed by atoms with E-state index < -0.39 is 0 Å². The summed E-state index contributed by atoms with van der Waals surface area (Å²) in [6.45, 7) is 17.4. The van der Waals surface area contributed by atoms with E-state index in [4.69, 9.17) is 4.74 Å². The van der Waals surface area contributed by atoms with Crippen LogP contribution in [0.15, 0.2) is 11.6 Å². The second-order valence-electron chi connectivity index (χ2n) is 15.8. The fourth-order valence-electron chi connectivity index (χ4n) is 10.7. The monoisotopic (exact) mass is 555 g/mol.